The van der Waals surface area contributed by atoms with Crippen molar-refractivity contribution >= 4 is 5.91 Å². The number of amides is 1. The Morgan fingerprint density at radius 1 is 1.43 bits per heavy atom. The highest BCUT2D eigenvalue weighted by Crippen LogP contribution is 2.23. The van der Waals surface area contributed by atoms with Crippen LogP contribution in [-0.4, -0.2) is 44.4 Å². The SMILES string of the molecule is Cn1cc(C[C@H]2[C@@H](O)CCN2C(=O)Cc2cccc(F)c2)cn1. The summed E-state index contributed by atoms with van der Waals surface area (Å²) >= 11 is 0. The lowest BCUT2D eigenvalue weighted by Gasteiger charge is -2.26. The lowest BCUT2D eigenvalue weighted by atomic mass is 10.0. The number of aliphatic hydroxyl groups excluding tert-OH is 1. The van der Waals surface area contributed by atoms with Crippen LogP contribution in [0.2, 0.25) is 0 Å². The molecule has 1 saturated heterocycles. The molecule has 5 nitrogen and oxygen atoms in total. The molecular formula is C17H20FN3O2. The second kappa shape index (κ2) is 6.50. The van der Waals surface area contributed by atoms with Crippen LogP contribution in [-0.2, 0) is 24.7 Å². The fraction of sp³-hybridized carbons (Fsp3) is 0.412. The van der Waals surface area contributed by atoms with Crippen molar-refractivity contribution in [1.29, 1.82) is 0 Å². The number of carbonyl (C=O) groups excluding carboxylic acids is 1. The minimum absolute atomic E-state index is 0.0824. The zero-order valence-electron chi connectivity index (χ0n) is 13.0. The largest absolute Gasteiger partial charge is 0.391 e. The van der Waals surface area contributed by atoms with Gasteiger partial charge in [-0.15, -0.1) is 0 Å². The Hall–Kier alpha value is -2.21. The Labute approximate surface area is 134 Å². The summed E-state index contributed by atoms with van der Waals surface area (Å²) < 4.78 is 15.0. The van der Waals surface area contributed by atoms with Gasteiger partial charge in [-0.2, -0.15) is 5.10 Å². The summed E-state index contributed by atoms with van der Waals surface area (Å²) in [5.41, 5.74) is 1.64. The second-order valence-corrected chi connectivity index (χ2v) is 6.04. The van der Waals surface area contributed by atoms with Crippen LogP contribution in [0.15, 0.2) is 36.7 Å². The molecule has 2 atom stereocenters. The second-order valence-electron chi connectivity index (χ2n) is 6.04. The molecule has 23 heavy (non-hydrogen) atoms. The van der Waals surface area contributed by atoms with E-state index in [1.54, 1.807) is 27.9 Å². The van der Waals surface area contributed by atoms with E-state index in [2.05, 4.69) is 5.10 Å². The number of hydrogen-bond donors (Lipinski definition) is 1. The zero-order valence-corrected chi connectivity index (χ0v) is 13.0. The van der Waals surface area contributed by atoms with Crippen LogP contribution in [0.25, 0.3) is 0 Å². The molecule has 1 aliphatic heterocycles. The maximum atomic E-state index is 13.2. The van der Waals surface area contributed by atoms with Crippen molar-refractivity contribution in [3.63, 3.8) is 0 Å². The lowest BCUT2D eigenvalue weighted by Crippen LogP contribution is -2.41. The minimum atomic E-state index is -0.535. The summed E-state index contributed by atoms with van der Waals surface area (Å²) in [4.78, 5) is 14.3. The van der Waals surface area contributed by atoms with Gasteiger partial charge in [-0.05, 0) is 36.1 Å². The Kier molecular flexibility index (Phi) is 4.43. The normalized spacial score (nSPS) is 20.9. The molecule has 3 rings (SSSR count). The molecule has 0 saturated carbocycles. The fourth-order valence-electron chi connectivity index (χ4n) is 3.14. The van der Waals surface area contributed by atoms with Crippen LogP contribution in [0, 0.1) is 5.82 Å². The Balaban J connectivity index is 1.70. The summed E-state index contributed by atoms with van der Waals surface area (Å²) in [5.74, 6) is -0.426. The van der Waals surface area contributed by atoms with Crippen molar-refractivity contribution in [2.45, 2.75) is 31.4 Å². The van der Waals surface area contributed by atoms with Gasteiger partial charge in [0.2, 0.25) is 5.91 Å². The maximum Gasteiger partial charge on any atom is 0.227 e. The Morgan fingerprint density at radius 2 is 2.26 bits per heavy atom. The van der Waals surface area contributed by atoms with Gasteiger partial charge < -0.3 is 10.0 Å². The molecule has 0 bridgehead atoms. The van der Waals surface area contributed by atoms with Gasteiger partial charge in [0.1, 0.15) is 5.82 Å². The minimum Gasteiger partial charge on any atom is -0.391 e. The monoisotopic (exact) mass is 317 g/mol. The number of nitrogens with zero attached hydrogens (tertiary/aromatic N) is 3. The molecule has 0 aliphatic carbocycles. The van der Waals surface area contributed by atoms with Crippen LogP contribution in [0.1, 0.15) is 17.5 Å². The van der Waals surface area contributed by atoms with E-state index in [1.165, 1.54) is 12.1 Å². The number of benzene rings is 1. The van der Waals surface area contributed by atoms with Crippen LogP contribution in [0.3, 0.4) is 0 Å². The fourth-order valence-corrected chi connectivity index (χ4v) is 3.14. The molecule has 0 spiro atoms. The van der Waals surface area contributed by atoms with Crippen LogP contribution in [0.5, 0.6) is 0 Å². The summed E-state index contributed by atoms with van der Waals surface area (Å²) in [6.07, 6.45) is 4.39. The van der Waals surface area contributed by atoms with E-state index in [9.17, 15) is 14.3 Å². The van der Waals surface area contributed by atoms with Gasteiger partial charge in [0, 0.05) is 19.8 Å². The molecule has 6 heteroatoms. The number of hydrogen-bond acceptors (Lipinski definition) is 3. The summed E-state index contributed by atoms with van der Waals surface area (Å²) in [6.45, 7) is 0.528. The van der Waals surface area contributed by atoms with Crippen molar-refractivity contribution in [3.8, 4) is 0 Å². The molecule has 1 aromatic carbocycles. The van der Waals surface area contributed by atoms with Gasteiger partial charge in [-0.1, -0.05) is 12.1 Å². The molecule has 1 aromatic heterocycles. The highest BCUT2D eigenvalue weighted by Gasteiger charge is 2.35. The van der Waals surface area contributed by atoms with Crippen LogP contribution >= 0.6 is 0 Å². The molecule has 0 unspecified atom stereocenters. The van der Waals surface area contributed by atoms with Crippen LogP contribution < -0.4 is 0 Å². The standard InChI is InChI=1S/C17H20FN3O2/c1-20-11-13(10-19-20)8-15-16(22)5-6-21(15)17(23)9-12-3-2-4-14(18)7-12/h2-4,7,10-11,15-16,22H,5-6,8-9H2,1H3/t15-,16-/m0/s1. The van der Waals surface area contributed by atoms with Crippen molar-refractivity contribution in [1.82, 2.24) is 14.7 Å². The summed E-state index contributed by atoms with van der Waals surface area (Å²) in [6, 6.07) is 5.83. The molecule has 122 valence electrons. The lowest BCUT2D eigenvalue weighted by molar-refractivity contribution is -0.132. The number of rotatable bonds is 4. The molecular weight excluding hydrogens is 297 g/mol. The van der Waals surface area contributed by atoms with Gasteiger partial charge in [-0.25, -0.2) is 4.39 Å². The number of halogens is 1. The van der Waals surface area contributed by atoms with E-state index in [4.69, 9.17) is 0 Å². The number of carbonyl (C=O) groups is 1. The summed E-state index contributed by atoms with van der Waals surface area (Å²) in [5, 5.41) is 14.3. The quantitative estimate of drug-likeness (QED) is 0.925. The number of likely N-dealkylation sites (tertiary alicyclic amines) is 1. The van der Waals surface area contributed by atoms with Crippen molar-refractivity contribution in [2.75, 3.05) is 6.54 Å². The molecule has 1 fully saturated rings. The van der Waals surface area contributed by atoms with E-state index in [0.29, 0.717) is 24.9 Å². The average molecular weight is 317 g/mol. The zero-order chi connectivity index (χ0) is 16.4. The third-order valence-corrected chi connectivity index (χ3v) is 4.28. The predicted molar refractivity (Wildman–Crippen MR) is 83.1 cm³/mol. The molecule has 1 amide bonds. The van der Waals surface area contributed by atoms with E-state index >= 15 is 0 Å². The highest BCUT2D eigenvalue weighted by atomic mass is 19.1. The third kappa shape index (κ3) is 3.59. The van der Waals surface area contributed by atoms with E-state index in [0.717, 1.165) is 5.56 Å². The first-order valence-electron chi connectivity index (χ1n) is 7.72. The first-order chi connectivity index (χ1) is 11.0. The number of aryl methyl sites for hydroxylation is 1. The average Bonchev–Trinajstić information content (AvgIpc) is 3.06. The molecule has 1 aliphatic rings. The third-order valence-electron chi connectivity index (χ3n) is 4.28. The predicted octanol–water partition coefficient (Wildman–Crippen LogP) is 1.31. The highest BCUT2D eigenvalue weighted by molar-refractivity contribution is 5.79. The van der Waals surface area contributed by atoms with Crippen molar-refractivity contribution in [3.05, 3.63) is 53.6 Å². The number of aliphatic hydroxyl groups is 1. The van der Waals surface area contributed by atoms with Gasteiger partial charge in [-0.3, -0.25) is 9.48 Å². The maximum absolute atomic E-state index is 13.2. The van der Waals surface area contributed by atoms with Gasteiger partial charge >= 0.3 is 0 Å². The van der Waals surface area contributed by atoms with E-state index in [1.807, 2.05) is 13.2 Å². The Bertz CT molecular complexity index is 701. The topological polar surface area (TPSA) is 58.4 Å². The molecule has 1 N–H and O–H groups in total. The molecule has 0 radical (unpaired) electrons. The molecule has 2 heterocycles. The van der Waals surface area contributed by atoms with Gasteiger partial charge in [0.25, 0.3) is 0 Å². The van der Waals surface area contributed by atoms with E-state index < -0.39 is 6.10 Å². The van der Waals surface area contributed by atoms with E-state index in [-0.39, 0.29) is 24.2 Å². The van der Waals surface area contributed by atoms with Gasteiger partial charge in [0.05, 0.1) is 24.8 Å². The first kappa shape index (κ1) is 15.7. The van der Waals surface area contributed by atoms with Crippen molar-refractivity contribution in [2.24, 2.45) is 7.05 Å². The number of aromatic nitrogens is 2. The Morgan fingerprint density at radius 3 is 2.96 bits per heavy atom. The van der Waals surface area contributed by atoms with Gasteiger partial charge in [0.15, 0.2) is 0 Å². The molecule has 2 aromatic rings. The first-order valence-corrected chi connectivity index (χ1v) is 7.72. The smallest absolute Gasteiger partial charge is 0.227 e. The van der Waals surface area contributed by atoms with Crippen LogP contribution in [0.4, 0.5) is 4.39 Å². The summed E-state index contributed by atoms with van der Waals surface area (Å²) in [7, 11) is 1.83. The van der Waals surface area contributed by atoms with Crippen molar-refractivity contribution < 1.29 is 14.3 Å².